The maximum atomic E-state index is 5.97. The summed E-state index contributed by atoms with van der Waals surface area (Å²) in [7, 11) is 0. The fourth-order valence-electron chi connectivity index (χ4n) is 1.92. The molecule has 1 aromatic heterocycles. The molecule has 1 aliphatic rings. The van der Waals surface area contributed by atoms with Crippen LogP contribution in [0.15, 0.2) is 24.3 Å². The van der Waals surface area contributed by atoms with Crippen molar-refractivity contribution in [2.24, 2.45) is 0 Å². The highest BCUT2D eigenvalue weighted by Gasteiger charge is 2.23. The van der Waals surface area contributed by atoms with Gasteiger partial charge in [0.25, 0.3) is 0 Å². The van der Waals surface area contributed by atoms with Crippen molar-refractivity contribution in [3.8, 4) is 17.0 Å². The Labute approximate surface area is 117 Å². The fourth-order valence-corrected chi connectivity index (χ4v) is 2.10. The van der Waals surface area contributed by atoms with Gasteiger partial charge in [-0.05, 0) is 62.1 Å². The number of rotatable bonds is 3. The highest BCUT2D eigenvalue weighted by atomic mass is 35.5. The molecule has 0 saturated heterocycles. The number of aromatic nitrogens is 2. The lowest BCUT2D eigenvalue weighted by Crippen LogP contribution is -1.98. The van der Waals surface area contributed by atoms with Gasteiger partial charge >= 0.3 is 0 Å². The van der Waals surface area contributed by atoms with Crippen LogP contribution < -0.4 is 4.74 Å². The van der Waals surface area contributed by atoms with Gasteiger partial charge in [-0.1, -0.05) is 11.6 Å². The normalized spacial score (nSPS) is 14.5. The minimum absolute atomic E-state index is 0.421. The maximum absolute atomic E-state index is 5.97. The number of nitrogens with zero attached hydrogens (tertiary/aromatic N) is 2. The lowest BCUT2D eigenvalue weighted by molar-refractivity contribution is 0.303. The van der Waals surface area contributed by atoms with E-state index in [1.807, 2.05) is 38.1 Å². The lowest BCUT2D eigenvalue weighted by Gasteiger charge is -2.09. The van der Waals surface area contributed by atoms with Crippen LogP contribution >= 0.6 is 11.6 Å². The van der Waals surface area contributed by atoms with Crippen LogP contribution in [0.4, 0.5) is 0 Å². The van der Waals surface area contributed by atoms with E-state index in [4.69, 9.17) is 16.3 Å². The monoisotopic (exact) mass is 274 g/mol. The first-order valence-corrected chi connectivity index (χ1v) is 6.79. The van der Waals surface area contributed by atoms with Gasteiger partial charge in [0.05, 0.1) is 11.8 Å². The number of hydrogen-bond donors (Lipinski definition) is 0. The van der Waals surface area contributed by atoms with Crippen molar-refractivity contribution in [1.29, 1.82) is 0 Å². The average molecular weight is 275 g/mol. The third-order valence-corrected chi connectivity index (χ3v) is 3.78. The minimum Gasteiger partial charge on any atom is -0.490 e. The molecule has 0 unspecified atom stereocenters. The van der Waals surface area contributed by atoms with Gasteiger partial charge in [0, 0.05) is 5.56 Å². The molecule has 3 nitrogen and oxygen atoms in total. The number of benzene rings is 1. The molecule has 0 atom stereocenters. The summed E-state index contributed by atoms with van der Waals surface area (Å²) in [6.45, 7) is 3.97. The van der Waals surface area contributed by atoms with Crippen molar-refractivity contribution < 1.29 is 4.74 Å². The molecule has 1 fully saturated rings. The molecule has 0 amide bonds. The molecule has 0 radical (unpaired) electrons. The second-order valence-electron chi connectivity index (χ2n) is 4.93. The van der Waals surface area contributed by atoms with Gasteiger partial charge in [-0.15, -0.1) is 10.2 Å². The van der Waals surface area contributed by atoms with Gasteiger partial charge < -0.3 is 4.74 Å². The van der Waals surface area contributed by atoms with Crippen molar-refractivity contribution in [2.75, 3.05) is 0 Å². The Morgan fingerprint density at radius 3 is 2.37 bits per heavy atom. The van der Waals surface area contributed by atoms with Crippen LogP contribution in [-0.4, -0.2) is 16.3 Å². The topological polar surface area (TPSA) is 35.0 Å². The minimum atomic E-state index is 0.421. The molecular formula is C15H15ClN2O. The maximum Gasteiger partial charge on any atom is 0.154 e. The largest absolute Gasteiger partial charge is 0.490 e. The van der Waals surface area contributed by atoms with E-state index in [2.05, 4.69) is 10.2 Å². The van der Waals surface area contributed by atoms with Crippen LogP contribution in [0, 0.1) is 13.8 Å². The Morgan fingerprint density at radius 1 is 1.05 bits per heavy atom. The molecule has 98 valence electrons. The van der Waals surface area contributed by atoms with E-state index in [9.17, 15) is 0 Å². The fraction of sp³-hybridized carbons (Fsp3) is 0.333. The van der Waals surface area contributed by atoms with Crippen LogP contribution in [0.3, 0.4) is 0 Å². The SMILES string of the molecule is Cc1c(Cl)nnc(-c2ccc(OC3CC3)cc2)c1C. The van der Waals surface area contributed by atoms with Gasteiger partial charge in [-0.25, -0.2) is 0 Å². The molecule has 19 heavy (non-hydrogen) atoms. The van der Waals surface area contributed by atoms with Crippen LogP contribution in [0.2, 0.25) is 5.15 Å². The van der Waals surface area contributed by atoms with Crippen LogP contribution in [0.25, 0.3) is 11.3 Å². The van der Waals surface area contributed by atoms with Crippen LogP contribution in [0.1, 0.15) is 24.0 Å². The summed E-state index contributed by atoms with van der Waals surface area (Å²) >= 11 is 5.97. The first kappa shape index (κ1) is 12.4. The number of halogens is 1. The van der Waals surface area contributed by atoms with Crippen molar-refractivity contribution in [2.45, 2.75) is 32.8 Å². The zero-order valence-electron chi connectivity index (χ0n) is 11.0. The third kappa shape index (κ3) is 2.56. The standard InChI is InChI=1S/C15H15ClN2O/c1-9-10(2)15(16)18-17-14(9)11-3-5-12(6-4-11)19-13-7-8-13/h3-6,13H,7-8H2,1-2H3. The second kappa shape index (κ2) is 4.82. The number of ether oxygens (including phenoxy) is 1. The lowest BCUT2D eigenvalue weighted by atomic mass is 10.0. The Balaban J connectivity index is 1.91. The van der Waals surface area contributed by atoms with E-state index in [1.54, 1.807) is 0 Å². The third-order valence-electron chi connectivity index (χ3n) is 3.42. The predicted molar refractivity (Wildman–Crippen MR) is 75.6 cm³/mol. The molecule has 1 aliphatic carbocycles. The molecule has 4 heteroatoms. The van der Waals surface area contributed by atoms with E-state index < -0.39 is 0 Å². The van der Waals surface area contributed by atoms with Gasteiger partial charge in [0.15, 0.2) is 5.15 Å². The molecule has 2 aromatic rings. The van der Waals surface area contributed by atoms with E-state index in [1.165, 1.54) is 12.8 Å². The summed E-state index contributed by atoms with van der Waals surface area (Å²) in [6, 6.07) is 8.00. The van der Waals surface area contributed by atoms with Gasteiger partial charge in [-0.2, -0.15) is 0 Å². The summed E-state index contributed by atoms with van der Waals surface area (Å²) < 4.78 is 5.73. The van der Waals surface area contributed by atoms with Crippen molar-refractivity contribution in [1.82, 2.24) is 10.2 Å². The van der Waals surface area contributed by atoms with E-state index >= 15 is 0 Å². The van der Waals surface area contributed by atoms with Gasteiger partial charge in [-0.3, -0.25) is 0 Å². The highest BCUT2D eigenvalue weighted by molar-refractivity contribution is 6.30. The Bertz CT molecular complexity index is 606. The van der Waals surface area contributed by atoms with E-state index in [0.717, 1.165) is 28.1 Å². The highest BCUT2D eigenvalue weighted by Crippen LogP contribution is 2.30. The smallest absolute Gasteiger partial charge is 0.154 e. The Kier molecular flexibility index (Phi) is 3.15. The predicted octanol–water partition coefficient (Wildman–Crippen LogP) is 3.96. The summed E-state index contributed by atoms with van der Waals surface area (Å²) in [5.74, 6) is 0.919. The van der Waals surface area contributed by atoms with Gasteiger partial charge in [0.2, 0.25) is 0 Å². The summed E-state index contributed by atoms with van der Waals surface area (Å²) in [5, 5.41) is 8.64. The quantitative estimate of drug-likeness (QED) is 0.850. The molecule has 0 spiro atoms. The van der Waals surface area contributed by atoms with Crippen molar-refractivity contribution in [3.63, 3.8) is 0 Å². The zero-order chi connectivity index (χ0) is 13.4. The number of hydrogen-bond acceptors (Lipinski definition) is 3. The first-order chi connectivity index (χ1) is 9.15. The molecule has 1 saturated carbocycles. The zero-order valence-corrected chi connectivity index (χ0v) is 11.7. The summed E-state index contributed by atoms with van der Waals surface area (Å²) in [5.41, 5.74) is 3.95. The van der Waals surface area contributed by atoms with Crippen LogP contribution in [0.5, 0.6) is 5.75 Å². The second-order valence-corrected chi connectivity index (χ2v) is 5.29. The first-order valence-electron chi connectivity index (χ1n) is 6.41. The molecule has 1 heterocycles. The Morgan fingerprint density at radius 2 is 1.74 bits per heavy atom. The molecular weight excluding hydrogens is 260 g/mol. The molecule has 0 aliphatic heterocycles. The molecule has 0 N–H and O–H groups in total. The Hall–Kier alpha value is -1.61. The van der Waals surface area contributed by atoms with Crippen molar-refractivity contribution in [3.05, 3.63) is 40.5 Å². The summed E-state index contributed by atoms with van der Waals surface area (Å²) in [6.07, 6.45) is 2.76. The van der Waals surface area contributed by atoms with Gasteiger partial charge in [0.1, 0.15) is 5.75 Å². The van der Waals surface area contributed by atoms with E-state index in [-0.39, 0.29) is 0 Å². The van der Waals surface area contributed by atoms with E-state index in [0.29, 0.717) is 11.3 Å². The molecule has 3 rings (SSSR count). The van der Waals surface area contributed by atoms with Crippen molar-refractivity contribution >= 4 is 11.6 Å². The molecule has 1 aromatic carbocycles. The van der Waals surface area contributed by atoms with Crippen LogP contribution in [-0.2, 0) is 0 Å². The molecule has 0 bridgehead atoms. The summed E-state index contributed by atoms with van der Waals surface area (Å²) in [4.78, 5) is 0. The average Bonchev–Trinajstić information content (AvgIpc) is 3.22.